The van der Waals surface area contributed by atoms with Crippen LogP contribution in [-0.4, -0.2) is 94.9 Å². The summed E-state index contributed by atoms with van der Waals surface area (Å²) in [6.45, 7) is -7.17. The van der Waals surface area contributed by atoms with Gasteiger partial charge in [0.25, 0.3) is 5.56 Å². The maximum atomic E-state index is 16.3. The van der Waals surface area contributed by atoms with E-state index in [9.17, 15) is 18.7 Å². The van der Waals surface area contributed by atoms with Gasteiger partial charge in [-0.05, 0) is 0 Å². The number of thiol groups is 2. The van der Waals surface area contributed by atoms with Crippen molar-refractivity contribution in [3.8, 4) is 0 Å². The number of aromatic amines is 1. The predicted octanol–water partition coefficient (Wildman–Crippen LogP) is 2.50. The molecule has 3 saturated heterocycles. The van der Waals surface area contributed by atoms with Gasteiger partial charge in [0.2, 0.25) is 11.9 Å². The van der Waals surface area contributed by atoms with Gasteiger partial charge in [-0.3, -0.25) is 47.1 Å². The minimum Gasteiger partial charge on any atom is -0.382 e. The lowest BCUT2D eigenvalue weighted by Gasteiger charge is -2.28. The zero-order valence-electron chi connectivity index (χ0n) is 25.7. The molecule has 0 aromatic carbocycles. The number of carbonyl (C=O) groups is 1. The molecule has 3 fully saturated rings. The molecule has 3 aliphatic heterocycles. The van der Waals surface area contributed by atoms with E-state index < -0.39 is 93.4 Å². The van der Waals surface area contributed by atoms with Crippen LogP contribution in [0.25, 0.3) is 22.3 Å². The number of nitrogens with two attached hydrogens (primary N) is 1. The minimum atomic E-state index is -4.49. The summed E-state index contributed by atoms with van der Waals surface area (Å²) in [4.78, 5) is 47.5. The number of rotatable bonds is 4. The van der Waals surface area contributed by atoms with Crippen LogP contribution in [0.1, 0.15) is 26.3 Å². The highest BCUT2D eigenvalue weighted by Crippen LogP contribution is 2.60. The SMILES string of the molecule is CC(C)C(=O)Nc1nc2c(ncn2[C@@H]2O[C@@H]3CO[P@@](=O)(S)O[C@@H]4C(CO[P@@](=O)(S)O[C@H]3[C@H]2F)O[C@@H](n2cnc3c(N)ncnc32)[C@@H]4F)c(=O)[nH]1. The van der Waals surface area contributed by atoms with Gasteiger partial charge in [0, 0.05) is 5.92 Å². The summed E-state index contributed by atoms with van der Waals surface area (Å²) in [5.74, 6) is -1.11. The monoisotopic (exact) mass is 780 g/mol. The van der Waals surface area contributed by atoms with Crippen LogP contribution in [0.3, 0.4) is 0 Å². The van der Waals surface area contributed by atoms with Crippen molar-refractivity contribution in [2.45, 2.75) is 63.1 Å². The van der Waals surface area contributed by atoms with Gasteiger partial charge in [-0.2, -0.15) is 4.98 Å². The molecule has 10 atom stereocenters. The van der Waals surface area contributed by atoms with Gasteiger partial charge < -0.3 is 15.2 Å². The summed E-state index contributed by atoms with van der Waals surface area (Å²) in [6.07, 6.45) is -10.3. The van der Waals surface area contributed by atoms with E-state index in [1.807, 2.05) is 0 Å². The van der Waals surface area contributed by atoms with Crippen LogP contribution in [0, 0.1) is 5.92 Å². The summed E-state index contributed by atoms with van der Waals surface area (Å²) < 4.78 is 95.0. The third kappa shape index (κ3) is 6.57. The fraction of sp³-hybridized carbons (Fsp3) is 0.542. The maximum Gasteiger partial charge on any atom is 0.386 e. The number of amides is 1. The first-order valence-electron chi connectivity index (χ1n) is 14.7. The Kier molecular flexibility index (Phi) is 9.32. The van der Waals surface area contributed by atoms with E-state index in [-0.39, 0.29) is 34.1 Å². The number of nitrogens with zero attached hydrogens (tertiary/aromatic N) is 7. The first-order chi connectivity index (χ1) is 23.6. The lowest BCUT2D eigenvalue weighted by atomic mass is 10.1. The lowest BCUT2D eigenvalue weighted by Crippen LogP contribution is -2.36. The number of alkyl halides is 2. The number of H-pyrrole nitrogens is 1. The number of hydrogen-bond donors (Lipinski definition) is 5. The Labute approximate surface area is 289 Å². The van der Waals surface area contributed by atoms with E-state index in [2.05, 4.69) is 59.7 Å². The Balaban J connectivity index is 1.15. The number of carbonyl (C=O) groups excluding carboxylic acids is 1. The highest BCUT2D eigenvalue weighted by Gasteiger charge is 2.54. The third-order valence-electron chi connectivity index (χ3n) is 7.98. The highest BCUT2D eigenvalue weighted by molar-refractivity contribution is 8.44. The normalized spacial score (nSPS) is 35.1. The van der Waals surface area contributed by atoms with Crippen LogP contribution < -0.4 is 16.6 Å². The van der Waals surface area contributed by atoms with Gasteiger partial charge in [0.1, 0.15) is 36.3 Å². The number of nitrogens with one attached hydrogen (secondary N) is 2. The molecule has 1 amide bonds. The van der Waals surface area contributed by atoms with Crippen LogP contribution in [0.5, 0.6) is 0 Å². The van der Waals surface area contributed by atoms with Crippen molar-refractivity contribution in [2.24, 2.45) is 5.92 Å². The number of aromatic nitrogens is 8. The zero-order valence-corrected chi connectivity index (χ0v) is 29.3. The number of ether oxygens (including phenoxy) is 2. The molecule has 7 heterocycles. The molecule has 0 bridgehead atoms. The Morgan fingerprint density at radius 1 is 0.940 bits per heavy atom. The fourth-order valence-corrected chi connectivity index (χ4v) is 8.51. The van der Waals surface area contributed by atoms with Crippen molar-refractivity contribution in [3.63, 3.8) is 0 Å². The number of fused-ring (bicyclic) bond motifs is 4. The third-order valence-corrected chi connectivity index (χ3v) is 11.2. The molecular weight excluding hydrogens is 752 g/mol. The summed E-state index contributed by atoms with van der Waals surface area (Å²) in [6, 6.07) is 0. The van der Waals surface area contributed by atoms with Crippen LogP contribution in [0.15, 0.2) is 23.8 Å². The molecule has 7 rings (SSSR count). The molecule has 0 spiro atoms. The van der Waals surface area contributed by atoms with Crippen molar-refractivity contribution in [2.75, 3.05) is 24.3 Å². The molecule has 0 aliphatic carbocycles. The number of anilines is 2. The quantitative estimate of drug-likeness (QED) is 0.147. The Bertz CT molecular complexity index is 2120. The van der Waals surface area contributed by atoms with Gasteiger partial charge in [0.05, 0.1) is 25.9 Å². The van der Waals surface area contributed by atoms with Crippen LogP contribution in [0.4, 0.5) is 20.5 Å². The number of nitrogen functional groups attached to an aromatic ring is 1. The topological polar surface area (TPSA) is 252 Å². The summed E-state index contributed by atoms with van der Waals surface area (Å²) in [5.41, 5.74) is 4.99. The molecule has 4 aromatic rings. The Hall–Kier alpha value is -3.05. The Morgan fingerprint density at radius 3 is 2.04 bits per heavy atom. The number of hydrogen-bond acceptors (Lipinski definition) is 16. The zero-order chi connectivity index (χ0) is 35.7. The number of halogens is 2. The van der Waals surface area contributed by atoms with E-state index in [1.54, 1.807) is 13.8 Å². The van der Waals surface area contributed by atoms with E-state index in [0.29, 0.717) is 0 Å². The van der Waals surface area contributed by atoms with Gasteiger partial charge in [-0.15, -0.1) is 0 Å². The Morgan fingerprint density at radius 2 is 1.48 bits per heavy atom. The molecule has 270 valence electrons. The molecule has 26 heteroatoms. The van der Waals surface area contributed by atoms with Crippen molar-refractivity contribution in [3.05, 3.63) is 29.3 Å². The van der Waals surface area contributed by atoms with Crippen molar-refractivity contribution in [1.82, 2.24) is 39.0 Å². The van der Waals surface area contributed by atoms with Gasteiger partial charge >= 0.3 is 13.6 Å². The molecule has 20 nitrogen and oxygen atoms in total. The summed E-state index contributed by atoms with van der Waals surface area (Å²) >= 11 is 7.99. The smallest absolute Gasteiger partial charge is 0.382 e. The second-order valence-electron chi connectivity index (χ2n) is 11.7. The summed E-state index contributed by atoms with van der Waals surface area (Å²) in [5, 5.41) is 2.45. The van der Waals surface area contributed by atoms with Crippen molar-refractivity contribution >= 4 is 78.1 Å². The van der Waals surface area contributed by atoms with Crippen LogP contribution in [0.2, 0.25) is 0 Å². The fourth-order valence-electron chi connectivity index (χ4n) is 5.55. The molecule has 50 heavy (non-hydrogen) atoms. The average molecular weight is 781 g/mol. The van der Waals surface area contributed by atoms with Crippen molar-refractivity contribution < 1.29 is 50.3 Å². The second-order valence-corrected chi connectivity index (χ2v) is 17.4. The largest absolute Gasteiger partial charge is 0.386 e. The van der Waals surface area contributed by atoms with Crippen LogP contribution >= 0.6 is 38.1 Å². The van der Waals surface area contributed by atoms with E-state index >= 15 is 8.78 Å². The van der Waals surface area contributed by atoms with Gasteiger partial charge in [-0.1, -0.05) is 38.3 Å². The lowest BCUT2D eigenvalue weighted by molar-refractivity contribution is -0.118. The molecule has 0 radical (unpaired) electrons. The molecule has 4 N–H and O–H groups in total. The molecular formula is C24H28F2N10O10P2S2. The first kappa shape index (κ1) is 35.4. The number of imidazole rings is 2. The predicted molar refractivity (Wildman–Crippen MR) is 174 cm³/mol. The molecule has 3 aliphatic rings. The van der Waals surface area contributed by atoms with Gasteiger partial charge in [0.15, 0.2) is 47.4 Å². The van der Waals surface area contributed by atoms with Crippen molar-refractivity contribution in [1.29, 1.82) is 0 Å². The van der Waals surface area contributed by atoms with Gasteiger partial charge in [-0.25, -0.2) is 37.8 Å². The standard InChI is InChI=1S/C24H28F2N10O10P2S2/c1-8(2)20(37)33-24-32-19-14(21(38)34-24)31-7-36(19)23-12(26)16-10(44-23)4-42-47(39,49)45-15-9(3-41-48(40,50)46-16)43-22(11(15)25)35-6-30-13-17(27)28-5-29-18(13)35/h5-12,15-16,22-23H,3-4H2,1-2H3,(H,39,49)(H,40,50)(H2,27,28,29)(H2,32,33,34,37,38)/t9?,10-,11-,12-,15-,16-,22-,23-,47-,48-/m1/s1. The average Bonchev–Trinajstić information content (AvgIpc) is 3.80. The molecule has 0 saturated carbocycles. The highest BCUT2D eigenvalue weighted by atomic mass is 32.7. The molecule has 1 unspecified atom stereocenters. The van der Waals surface area contributed by atoms with Crippen LogP contribution in [-0.2, 0) is 41.5 Å². The first-order valence-corrected chi connectivity index (χ1v) is 20.1. The van der Waals surface area contributed by atoms with E-state index in [0.717, 1.165) is 17.2 Å². The maximum absolute atomic E-state index is 16.3. The molecule has 4 aromatic heterocycles. The second kappa shape index (κ2) is 13.2. The van der Waals surface area contributed by atoms with E-state index in [1.165, 1.54) is 10.9 Å². The van der Waals surface area contributed by atoms with E-state index in [4.69, 9.17) is 33.3 Å². The minimum absolute atomic E-state index is 0.0295. The summed E-state index contributed by atoms with van der Waals surface area (Å²) in [7, 11) is 0.